The molecule has 0 atom stereocenters. The summed E-state index contributed by atoms with van der Waals surface area (Å²) in [5.41, 5.74) is 2.69. The highest BCUT2D eigenvalue weighted by atomic mass is 16.2. The van der Waals surface area contributed by atoms with Crippen LogP contribution in [0.15, 0.2) is 70.4 Å². The van der Waals surface area contributed by atoms with Gasteiger partial charge in [0, 0.05) is 25.3 Å². The van der Waals surface area contributed by atoms with Crippen LogP contribution in [0, 0.1) is 6.92 Å². The smallest absolute Gasteiger partial charge is 0.321 e. The molecule has 1 amide bonds. The summed E-state index contributed by atoms with van der Waals surface area (Å²) in [5.74, 6) is 0.459. The van der Waals surface area contributed by atoms with Gasteiger partial charge in [-0.15, -0.1) is 0 Å². The fourth-order valence-electron chi connectivity index (χ4n) is 3.98. The lowest BCUT2D eigenvalue weighted by molar-refractivity contribution is 0.102. The molecule has 3 heterocycles. The molecule has 3 aromatic heterocycles. The number of para-hydroxylation sites is 1. The predicted molar refractivity (Wildman–Crippen MR) is 126 cm³/mol. The minimum atomic E-state index is -0.472. The quantitative estimate of drug-likeness (QED) is 0.464. The first-order valence-corrected chi connectivity index (χ1v) is 10.3. The number of imidazole rings is 1. The van der Waals surface area contributed by atoms with E-state index in [2.05, 4.69) is 15.3 Å². The van der Waals surface area contributed by atoms with Crippen LogP contribution >= 0.6 is 0 Å². The van der Waals surface area contributed by atoms with Crippen molar-refractivity contribution in [2.24, 2.45) is 14.1 Å². The number of amides is 1. The Labute approximate surface area is 187 Å². The van der Waals surface area contributed by atoms with E-state index < -0.39 is 11.2 Å². The molecule has 0 aliphatic carbocycles. The van der Waals surface area contributed by atoms with E-state index >= 15 is 0 Å². The van der Waals surface area contributed by atoms with Crippen molar-refractivity contribution in [2.75, 3.05) is 5.32 Å². The minimum Gasteiger partial charge on any atom is -0.321 e. The average Bonchev–Trinajstić information content (AvgIpc) is 3.16. The number of rotatable bonds is 3. The number of nitrogens with zero attached hydrogens (tertiary/aromatic N) is 5. The van der Waals surface area contributed by atoms with E-state index in [1.807, 2.05) is 47.9 Å². The van der Waals surface area contributed by atoms with E-state index in [1.165, 1.54) is 23.9 Å². The lowest BCUT2D eigenvalue weighted by atomic mass is 10.1. The van der Waals surface area contributed by atoms with Crippen molar-refractivity contribution in [2.45, 2.75) is 6.92 Å². The summed E-state index contributed by atoms with van der Waals surface area (Å²) in [4.78, 5) is 46.3. The summed E-state index contributed by atoms with van der Waals surface area (Å²) < 4.78 is 4.33. The maximum atomic E-state index is 12.9. The van der Waals surface area contributed by atoms with E-state index in [4.69, 9.17) is 0 Å². The number of aryl methyl sites for hydroxylation is 2. The number of aromatic nitrogens is 5. The number of anilines is 1. The van der Waals surface area contributed by atoms with Crippen molar-refractivity contribution in [3.05, 3.63) is 93.0 Å². The van der Waals surface area contributed by atoms with Crippen molar-refractivity contribution in [1.29, 1.82) is 0 Å². The van der Waals surface area contributed by atoms with Crippen molar-refractivity contribution >= 4 is 33.7 Å². The Bertz CT molecular complexity index is 1680. The van der Waals surface area contributed by atoms with Gasteiger partial charge in [-0.05, 0) is 43.3 Å². The number of carbonyl (C=O) groups excluding carboxylic acids is 1. The van der Waals surface area contributed by atoms with Crippen LogP contribution in [0.5, 0.6) is 0 Å². The second-order valence-electron chi connectivity index (χ2n) is 7.79. The molecular formula is C24H20N6O3. The van der Waals surface area contributed by atoms with Crippen LogP contribution in [0.4, 0.5) is 5.69 Å². The molecule has 164 valence electrons. The van der Waals surface area contributed by atoms with Gasteiger partial charge in [-0.2, -0.15) is 0 Å². The molecular weight excluding hydrogens is 420 g/mol. The SMILES string of the molecule is Cc1nc2cc(C(=O)Nc3cnc4c(c3)c(=O)n(C)c(=O)n4C)ccc2n1-c1ccccc1. The molecule has 0 spiro atoms. The van der Waals surface area contributed by atoms with Gasteiger partial charge in [0.1, 0.15) is 11.5 Å². The molecule has 0 aliphatic rings. The van der Waals surface area contributed by atoms with Gasteiger partial charge < -0.3 is 5.32 Å². The van der Waals surface area contributed by atoms with E-state index in [9.17, 15) is 14.4 Å². The van der Waals surface area contributed by atoms with Crippen LogP contribution in [-0.4, -0.2) is 29.6 Å². The lowest BCUT2D eigenvalue weighted by Gasteiger charge is -2.09. The fraction of sp³-hybridized carbons (Fsp3) is 0.125. The van der Waals surface area contributed by atoms with Gasteiger partial charge in [-0.1, -0.05) is 18.2 Å². The molecule has 0 bridgehead atoms. The first-order chi connectivity index (χ1) is 15.8. The van der Waals surface area contributed by atoms with Crippen LogP contribution in [-0.2, 0) is 14.1 Å². The third-order valence-corrected chi connectivity index (χ3v) is 5.65. The number of carbonyl (C=O) groups is 1. The maximum Gasteiger partial charge on any atom is 0.332 e. The monoisotopic (exact) mass is 440 g/mol. The predicted octanol–water partition coefficient (Wildman–Crippen LogP) is 2.53. The number of hydrogen-bond acceptors (Lipinski definition) is 5. The highest BCUT2D eigenvalue weighted by Gasteiger charge is 2.15. The Morgan fingerprint density at radius 2 is 1.73 bits per heavy atom. The zero-order valence-electron chi connectivity index (χ0n) is 18.2. The second kappa shape index (κ2) is 7.56. The van der Waals surface area contributed by atoms with Gasteiger partial charge >= 0.3 is 5.69 Å². The van der Waals surface area contributed by atoms with Gasteiger partial charge in [0.05, 0.1) is 28.3 Å². The standard InChI is InChI=1S/C24H20N6O3/c1-14-26-19-11-15(9-10-20(19)30(14)17-7-5-4-6-8-17)22(31)27-16-12-18-21(25-13-16)28(2)24(33)29(3)23(18)32/h4-13H,1-3H3,(H,27,31). The Kier molecular flexibility index (Phi) is 4.67. The summed E-state index contributed by atoms with van der Waals surface area (Å²) in [6.07, 6.45) is 1.42. The fourth-order valence-corrected chi connectivity index (χ4v) is 3.98. The van der Waals surface area contributed by atoms with Gasteiger partial charge in [0.15, 0.2) is 0 Å². The Balaban J connectivity index is 1.50. The summed E-state index contributed by atoms with van der Waals surface area (Å²) in [7, 11) is 2.95. The third-order valence-electron chi connectivity index (χ3n) is 5.65. The average molecular weight is 440 g/mol. The van der Waals surface area contributed by atoms with Crippen LogP contribution in [0.1, 0.15) is 16.2 Å². The molecule has 0 saturated carbocycles. The lowest BCUT2D eigenvalue weighted by Crippen LogP contribution is -2.37. The molecule has 5 rings (SSSR count). The summed E-state index contributed by atoms with van der Waals surface area (Å²) in [5, 5.41) is 3.02. The molecule has 33 heavy (non-hydrogen) atoms. The zero-order chi connectivity index (χ0) is 23.3. The highest BCUT2D eigenvalue weighted by Crippen LogP contribution is 2.23. The molecule has 0 aliphatic heterocycles. The number of pyridine rings is 1. The third kappa shape index (κ3) is 3.30. The first-order valence-electron chi connectivity index (χ1n) is 10.3. The molecule has 0 unspecified atom stereocenters. The Morgan fingerprint density at radius 1 is 0.970 bits per heavy atom. The number of hydrogen-bond donors (Lipinski definition) is 1. The molecule has 0 radical (unpaired) electrons. The first kappa shape index (κ1) is 20.4. The second-order valence-corrected chi connectivity index (χ2v) is 7.79. The highest BCUT2D eigenvalue weighted by molar-refractivity contribution is 6.06. The molecule has 9 nitrogen and oxygen atoms in total. The van der Waals surface area contributed by atoms with Gasteiger partial charge in [-0.3, -0.25) is 23.3 Å². The topological polar surface area (TPSA) is 104 Å². The van der Waals surface area contributed by atoms with Gasteiger partial charge in [0.25, 0.3) is 11.5 Å². The van der Waals surface area contributed by atoms with E-state index in [-0.39, 0.29) is 16.9 Å². The van der Waals surface area contributed by atoms with E-state index in [1.54, 1.807) is 19.2 Å². The summed E-state index contributed by atoms with van der Waals surface area (Å²) in [6.45, 7) is 1.92. The van der Waals surface area contributed by atoms with Crippen molar-refractivity contribution in [3.63, 3.8) is 0 Å². The van der Waals surface area contributed by atoms with Gasteiger partial charge in [-0.25, -0.2) is 14.8 Å². The largest absolute Gasteiger partial charge is 0.332 e. The van der Waals surface area contributed by atoms with Crippen LogP contribution < -0.4 is 16.6 Å². The Hall–Kier alpha value is -4.53. The van der Waals surface area contributed by atoms with Crippen molar-refractivity contribution in [1.82, 2.24) is 23.7 Å². The summed E-state index contributed by atoms with van der Waals surface area (Å²) >= 11 is 0. The number of fused-ring (bicyclic) bond motifs is 2. The normalized spacial score (nSPS) is 11.2. The van der Waals surface area contributed by atoms with Gasteiger partial charge in [0.2, 0.25) is 0 Å². The molecule has 0 fully saturated rings. The minimum absolute atomic E-state index is 0.241. The van der Waals surface area contributed by atoms with Crippen LogP contribution in [0.2, 0.25) is 0 Å². The molecule has 2 aromatic carbocycles. The summed E-state index contributed by atoms with van der Waals surface area (Å²) in [6, 6.07) is 16.7. The number of benzene rings is 2. The van der Waals surface area contributed by atoms with Crippen molar-refractivity contribution < 1.29 is 4.79 Å². The van der Waals surface area contributed by atoms with E-state index in [0.29, 0.717) is 16.8 Å². The molecule has 9 heteroatoms. The van der Waals surface area contributed by atoms with Crippen molar-refractivity contribution in [3.8, 4) is 5.69 Å². The van der Waals surface area contributed by atoms with Crippen LogP contribution in [0.25, 0.3) is 27.8 Å². The Morgan fingerprint density at radius 3 is 2.48 bits per heavy atom. The van der Waals surface area contributed by atoms with E-state index in [0.717, 1.165) is 21.6 Å². The molecule has 5 aromatic rings. The molecule has 1 N–H and O–H groups in total. The maximum absolute atomic E-state index is 12.9. The van der Waals surface area contributed by atoms with Crippen LogP contribution in [0.3, 0.4) is 0 Å². The number of nitrogens with one attached hydrogen (secondary N) is 1. The molecule has 0 saturated heterocycles. The zero-order valence-corrected chi connectivity index (χ0v) is 18.2.